The maximum absolute atomic E-state index is 11.0. The molecular formula is C11H12N2O. The van der Waals surface area contributed by atoms with Crippen molar-refractivity contribution >= 4 is 12.1 Å². The van der Waals surface area contributed by atoms with Crippen LogP contribution in [0.4, 0.5) is 4.79 Å². The van der Waals surface area contributed by atoms with Gasteiger partial charge in [0.25, 0.3) is 0 Å². The normalized spacial score (nSPS) is 14.7. The molecule has 0 radical (unpaired) electrons. The number of hydrogen-bond acceptors (Lipinski definition) is 1. The van der Waals surface area contributed by atoms with Gasteiger partial charge in [-0.05, 0) is 23.6 Å². The third-order valence-electron chi connectivity index (χ3n) is 2.39. The summed E-state index contributed by atoms with van der Waals surface area (Å²) in [6.45, 7) is 0.656. The quantitative estimate of drug-likeness (QED) is 0.660. The second-order valence-corrected chi connectivity index (χ2v) is 3.30. The van der Waals surface area contributed by atoms with Gasteiger partial charge in [-0.2, -0.15) is 0 Å². The Labute approximate surface area is 82.8 Å². The van der Waals surface area contributed by atoms with E-state index in [1.54, 1.807) is 6.20 Å². The van der Waals surface area contributed by atoms with Gasteiger partial charge >= 0.3 is 6.03 Å². The number of amides is 2. The van der Waals surface area contributed by atoms with E-state index in [4.69, 9.17) is 5.73 Å². The lowest BCUT2D eigenvalue weighted by molar-refractivity contribution is 0.225. The number of hydrogen-bond donors (Lipinski definition) is 1. The minimum absolute atomic E-state index is 0.394. The van der Waals surface area contributed by atoms with E-state index in [1.807, 2.05) is 24.3 Å². The van der Waals surface area contributed by atoms with Crippen LogP contribution in [0.5, 0.6) is 0 Å². The summed E-state index contributed by atoms with van der Waals surface area (Å²) in [6.07, 6.45) is 4.52. The van der Waals surface area contributed by atoms with Crippen LogP contribution in [-0.2, 0) is 6.42 Å². The van der Waals surface area contributed by atoms with Gasteiger partial charge < -0.3 is 10.6 Å². The van der Waals surface area contributed by atoms with E-state index >= 15 is 0 Å². The Bertz CT molecular complexity index is 385. The molecule has 1 aromatic carbocycles. The average Bonchev–Trinajstić information content (AvgIpc) is 2.39. The van der Waals surface area contributed by atoms with Gasteiger partial charge in [-0.25, -0.2) is 4.79 Å². The largest absolute Gasteiger partial charge is 0.351 e. The molecule has 0 atom stereocenters. The molecule has 0 aliphatic carbocycles. The third kappa shape index (κ3) is 1.62. The van der Waals surface area contributed by atoms with Crippen molar-refractivity contribution in [3.63, 3.8) is 0 Å². The maximum Gasteiger partial charge on any atom is 0.318 e. The van der Waals surface area contributed by atoms with Crippen molar-refractivity contribution in [2.45, 2.75) is 6.42 Å². The van der Waals surface area contributed by atoms with Crippen molar-refractivity contribution in [3.05, 3.63) is 41.6 Å². The molecule has 1 heterocycles. The molecule has 1 aliphatic rings. The van der Waals surface area contributed by atoms with E-state index in [0.29, 0.717) is 6.54 Å². The van der Waals surface area contributed by atoms with Crippen molar-refractivity contribution in [3.8, 4) is 0 Å². The van der Waals surface area contributed by atoms with Gasteiger partial charge in [0.2, 0.25) is 0 Å². The predicted octanol–water partition coefficient (Wildman–Crippen LogP) is 1.59. The van der Waals surface area contributed by atoms with Crippen molar-refractivity contribution in [1.29, 1.82) is 0 Å². The number of carbonyl (C=O) groups excluding carboxylic acids is 1. The Morgan fingerprint density at radius 2 is 2.14 bits per heavy atom. The van der Waals surface area contributed by atoms with Gasteiger partial charge in [0.05, 0.1) is 0 Å². The van der Waals surface area contributed by atoms with Gasteiger partial charge in [-0.1, -0.05) is 24.3 Å². The molecule has 2 N–H and O–H groups in total. The number of primary amides is 1. The maximum atomic E-state index is 11.0. The van der Waals surface area contributed by atoms with Crippen molar-refractivity contribution < 1.29 is 4.79 Å². The lowest BCUT2D eigenvalue weighted by Crippen LogP contribution is -2.32. The second-order valence-electron chi connectivity index (χ2n) is 3.30. The summed E-state index contributed by atoms with van der Waals surface area (Å²) in [4.78, 5) is 12.5. The van der Waals surface area contributed by atoms with Crippen molar-refractivity contribution in [2.24, 2.45) is 5.73 Å². The first kappa shape index (κ1) is 8.81. The lowest BCUT2D eigenvalue weighted by Gasteiger charge is -2.12. The standard InChI is InChI=1S/C11H12N2O/c12-11(14)13-7-5-9-3-1-2-4-10(9)6-8-13/h1-5,7H,6,8H2,(H2,12,14). The number of nitrogens with zero attached hydrogens (tertiary/aromatic N) is 1. The van der Waals surface area contributed by atoms with Gasteiger partial charge in [0.1, 0.15) is 0 Å². The van der Waals surface area contributed by atoms with Crippen LogP contribution in [0.2, 0.25) is 0 Å². The van der Waals surface area contributed by atoms with E-state index in [9.17, 15) is 4.79 Å². The van der Waals surface area contributed by atoms with Crippen LogP contribution < -0.4 is 5.73 Å². The smallest absolute Gasteiger partial charge is 0.318 e. The molecule has 14 heavy (non-hydrogen) atoms. The number of fused-ring (bicyclic) bond motifs is 1. The van der Waals surface area contributed by atoms with Gasteiger partial charge in [-0.3, -0.25) is 0 Å². The highest BCUT2D eigenvalue weighted by atomic mass is 16.2. The molecule has 0 saturated carbocycles. The first-order chi connectivity index (χ1) is 6.77. The van der Waals surface area contributed by atoms with E-state index < -0.39 is 6.03 Å². The van der Waals surface area contributed by atoms with Crippen LogP contribution in [0, 0.1) is 0 Å². The zero-order valence-electron chi connectivity index (χ0n) is 7.81. The summed E-state index contributed by atoms with van der Waals surface area (Å²) >= 11 is 0. The first-order valence-corrected chi connectivity index (χ1v) is 4.59. The SMILES string of the molecule is NC(=O)N1C=Cc2ccccc2CC1. The molecule has 0 aromatic heterocycles. The van der Waals surface area contributed by atoms with Crippen molar-refractivity contribution in [1.82, 2.24) is 4.90 Å². The fourth-order valence-electron chi connectivity index (χ4n) is 1.59. The molecule has 0 spiro atoms. The fraction of sp³-hybridized carbons (Fsp3) is 0.182. The fourth-order valence-corrected chi connectivity index (χ4v) is 1.59. The highest BCUT2D eigenvalue weighted by molar-refractivity contribution is 5.75. The molecule has 0 unspecified atom stereocenters. The summed E-state index contributed by atoms with van der Waals surface area (Å²) in [5.74, 6) is 0. The molecule has 2 rings (SSSR count). The summed E-state index contributed by atoms with van der Waals surface area (Å²) in [5.41, 5.74) is 7.63. The molecule has 2 amide bonds. The third-order valence-corrected chi connectivity index (χ3v) is 2.39. The summed E-state index contributed by atoms with van der Waals surface area (Å²) < 4.78 is 0. The number of benzene rings is 1. The minimum atomic E-state index is -0.394. The summed E-state index contributed by atoms with van der Waals surface area (Å²) in [7, 11) is 0. The van der Waals surface area contributed by atoms with E-state index in [2.05, 4.69) is 6.07 Å². The molecule has 0 fully saturated rings. The zero-order chi connectivity index (χ0) is 9.97. The number of urea groups is 1. The molecule has 0 saturated heterocycles. The van der Waals surface area contributed by atoms with E-state index in [-0.39, 0.29) is 0 Å². The second kappa shape index (κ2) is 3.54. The molecule has 1 aliphatic heterocycles. The first-order valence-electron chi connectivity index (χ1n) is 4.59. The average molecular weight is 188 g/mol. The van der Waals surface area contributed by atoms with Gasteiger partial charge in [-0.15, -0.1) is 0 Å². The molecule has 1 aromatic rings. The van der Waals surface area contributed by atoms with Crippen LogP contribution in [0.15, 0.2) is 30.5 Å². The van der Waals surface area contributed by atoms with Crippen molar-refractivity contribution in [2.75, 3.05) is 6.54 Å². The summed E-state index contributed by atoms with van der Waals surface area (Å²) in [5, 5.41) is 0. The Balaban J connectivity index is 2.29. The molecular weight excluding hydrogens is 176 g/mol. The zero-order valence-corrected chi connectivity index (χ0v) is 7.81. The van der Waals surface area contributed by atoms with Crippen LogP contribution in [-0.4, -0.2) is 17.5 Å². The van der Waals surface area contributed by atoms with E-state index in [0.717, 1.165) is 12.0 Å². The highest BCUT2D eigenvalue weighted by Gasteiger charge is 2.10. The molecule has 3 nitrogen and oxygen atoms in total. The van der Waals surface area contributed by atoms with Gasteiger partial charge in [0, 0.05) is 12.7 Å². The highest BCUT2D eigenvalue weighted by Crippen LogP contribution is 2.15. The predicted molar refractivity (Wildman–Crippen MR) is 55.5 cm³/mol. The Morgan fingerprint density at radius 3 is 2.93 bits per heavy atom. The van der Waals surface area contributed by atoms with Crippen LogP contribution in [0.1, 0.15) is 11.1 Å². The number of nitrogens with two attached hydrogens (primary N) is 1. The van der Waals surface area contributed by atoms with Crippen LogP contribution >= 0.6 is 0 Å². The van der Waals surface area contributed by atoms with E-state index in [1.165, 1.54) is 10.5 Å². The summed E-state index contributed by atoms with van der Waals surface area (Å²) in [6, 6.07) is 7.71. The minimum Gasteiger partial charge on any atom is -0.351 e. The number of carbonyl (C=O) groups is 1. The molecule has 3 heteroatoms. The van der Waals surface area contributed by atoms with Crippen LogP contribution in [0.3, 0.4) is 0 Å². The number of rotatable bonds is 0. The van der Waals surface area contributed by atoms with Gasteiger partial charge in [0.15, 0.2) is 0 Å². The topological polar surface area (TPSA) is 46.3 Å². The Morgan fingerprint density at radius 1 is 1.36 bits per heavy atom. The molecule has 0 bridgehead atoms. The Hall–Kier alpha value is -1.77. The Kier molecular flexibility index (Phi) is 2.23. The monoisotopic (exact) mass is 188 g/mol. The lowest BCUT2D eigenvalue weighted by atomic mass is 10.1. The van der Waals surface area contributed by atoms with Crippen LogP contribution in [0.25, 0.3) is 6.08 Å². The molecule has 72 valence electrons.